The van der Waals surface area contributed by atoms with Gasteiger partial charge in [-0.05, 0) is 47.7 Å². The second-order valence-electron chi connectivity index (χ2n) is 4.74. The molecule has 0 radical (unpaired) electrons. The average molecular weight is 382 g/mol. The normalized spacial score (nSPS) is 10.8. The molecule has 0 amide bonds. The van der Waals surface area contributed by atoms with Crippen LogP contribution in [0.3, 0.4) is 0 Å². The van der Waals surface area contributed by atoms with Crippen LogP contribution in [0, 0.1) is 0 Å². The van der Waals surface area contributed by atoms with Crippen LogP contribution in [-0.2, 0) is 0 Å². The van der Waals surface area contributed by atoms with E-state index in [1.54, 1.807) is 23.9 Å². The summed E-state index contributed by atoms with van der Waals surface area (Å²) >= 11 is 20.0. The molecule has 0 N–H and O–H groups in total. The van der Waals surface area contributed by atoms with Gasteiger partial charge in [0, 0.05) is 21.0 Å². The second kappa shape index (κ2) is 7.10. The lowest BCUT2D eigenvalue weighted by molar-refractivity contribution is 1.17. The Morgan fingerprint density at radius 2 is 1.39 bits per heavy atom. The van der Waals surface area contributed by atoms with Crippen LogP contribution in [0.1, 0.15) is 0 Å². The number of nitrogens with zero attached hydrogens (tertiary/aromatic N) is 2. The maximum absolute atomic E-state index is 6.36. The van der Waals surface area contributed by atoms with Crippen molar-refractivity contribution in [3.63, 3.8) is 0 Å². The van der Waals surface area contributed by atoms with Crippen LogP contribution >= 0.6 is 46.6 Å². The maximum Gasteiger partial charge on any atom is 0.224 e. The Kier molecular flexibility index (Phi) is 5.12. The minimum Gasteiger partial charge on any atom is -0.217 e. The van der Waals surface area contributed by atoms with Gasteiger partial charge in [0.15, 0.2) is 0 Å². The summed E-state index contributed by atoms with van der Waals surface area (Å²) in [6.07, 6.45) is 2.03. The van der Waals surface area contributed by atoms with Gasteiger partial charge in [0.25, 0.3) is 0 Å². The first-order valence-corrected chi connectivity index (χ1v) is 9.08. The zero-order valence-corrected chi connectivity index (χ0v) is 15.1. The van der Waals surface area contributed by atoms with Crippen molar-refractivity contribution in [3.8, 4) is 22.4 Å². The van der Waals surface area contributed by atoms with Gasteiger partial charge < -0.3 is 0 Å². The Balaban J connectivity index is 2.20. The van der Waals surface area contributed by atoms with Gasteiger partial charge in [-0.2, -0.15) is 0 Å². The Labute approximate surface area is 153 Å². The topological polar surface area (TPSA) is 25.8 Å². The predicted octanol–water partition coefficient (Wildman–Crippen LogP) is 6.49. The van der Waals surface area contributed by atoms with Crippen molar-refractivity contribution in [2.75, 3.05) is 6.26 Å². The van der Waals surface area contributed by atoms with E-state index in [0.717, 1.165) is 16.7 Å². The molecule has 6 heteroatoms. The fraction of sp³-hybridized carbons (Fsp3) is 0.0588. The number of hydrogen-bond donors (Lipinski definition) is 0. The summed E-state index contributed by atoms with van der Waals surface area (Å²) in [6, 6.07) is 15.5. The number of halogens is 3. The fourth-order valence-corrected chi connectivity index (χ4v) is 3.26. The molecular formula is C17H11Cl3N2S. The van der Waals surface area contributed by atoms with E-state index < -0.39 is 0 Å². The molecule has 3 aromatic rings. The van der Waals surface area contributed by atoms with Gasteiger partial charge in [-0.15, -0.1) is 11.8 Å². The van der Waals surface area contributed by atoms with Gasteiger partial charge in [0.1, 0.15) is 5.15 Å². The summed E-state index contributed by atoms with van der Waals surface area (Å²) in [6.45, 7) is 0. The van der Waals surface area contributed by atoms with Crippen molar-refractivity contribution in [2.45, 2.75) is 4.90 Å². The van der Waals surface area contributed by atoms with Crippen molar-refractivity contribution in [2.24, 2.45) is 0 Å². The van der Waals surface area contributed by atoms with Crippen molar-refractivity contribution in [1.29, 1.82) is 0 Å². The quantitative estimate of drug-likeness (QED) is 0.294. The van der Waals surface area contributed by atoms with Crippen LogP contribution in [0.5, 0.6) is 0 Å². The first-order chi connectivity index (χ1) is 11.1. The SMILES string of the molecule is CSc1ccc(-c2c(Cl)nc(Cl)nc2-c2ccc(Cl)cc2)cc1. The van der Waals surface area contributed by atoms with Crippen LogP contribution < -0.4 is 0 Å². The molecule has 0 fully saturated rings. The second-order valence-corrected chi connectivity index (χ2v) is 6.75. The first kappa shape index (κ1) is 16.6. The highest BCUT2D eigenvalue weighted by molar-refractivity contribution is 7.98. The smallest absolute Gasteiger partial charge is 0.217 e. The van der Waals surface area contributed by atoms with Crippen LogP contribution in [0.25, 0.3) is 22.4 Å². The van der Waals surface area contributed by atoms with Crippen molar-refractivity contribution >= 4 is 46.6 Å². The standard InChI is InChI=1S/C17H11Cl3N2S/c1-23-13-8-4-10(5-9-13)14-15(21-17(20)22-16(14)19)11-2-6-12(18)7-3-11/h2-9H,1H3. The van der Waals surface area contributed by atoms with E-state index in [4.69, 9.17) is 34.8 Å². The summed E-state index contributed by atoms with van der Waals surface area (Å²) in [4.78, 5) is 9.63. The Bertz CT molecular complexity index is 834. The molecule has 0 aliphatic heterocycles. The summed E-state index contributed by atoms with van der Waals surface area (Å²) in [5, 5.41) is 1.10. The van der Waals surface area contributed by atoms with E-state index in [1.807, 2.05) is 42.7 Å². The molecule has 0 bridgehead atoms. The van der Waals surface area contributed by atoms with E-state index in [0.29, 0.717) is 15.9 Å². The lowest BCUT2D eigenvalue weighted by atomic mass is 10.0. The van der Waals surface area contributed by atoms with E-state index in [1.165, 1.54) is 4.90 Å². The van der Waals surface area contributed by atoms with Gasteiger partial charge in [0.2, 0.25) is 5.28 Å². The third-order valence-corrected chi connectivity index (χ3v) is 4.77. The van der Waals surface area contributed by atoms with Crippen molar-refractivity contribution in [3.05, 3.63) is 64.0 Å². The lowest BCUT2D eigenvalue weighted by Gasteiger charge is -2.12. The van der Waals surface area contributed by atoms with Gasteiger partial charge in [-0.1, -0.05) is 47.5 Å². The highest BCUT2D eigenvalue weighted by Gasteiger charge is 2.16. The van der Waals surface area contributed by atoms with Crippen molar-refractivity contribution < 1.29 is 0 Å². The van der Waals surface area contributed by atoms with Crippen LogP contribution in [0.2, 0.25) is 15.5 Å². The van der Waals surface area contributed by atoms with E-state index >= 15 is 0 Å². The lowest BCUT2D eigenvalue weighted by Crippen LogP contribution is -1.95. The average Bonchev–Trinajstić information content (AvgIpc) is 2.55. The van der Waals surface area contributed by atoms with E-state index in [2.05, 4.69) is 9.97 Å². The number of benzene rings is 2. The Morgan fingerprint density at radius 1 is 0.783 bits per heavy atom. The minimum absolute atomic E-state index is 0.115. The summed E-state index contributed by atoms with van der Waals surface area (Å²) in [7, 11) is 0. The van der Waals surface area contributed by atoms with Gasteiger partial charge >= 0.3 is 0 Å². The van der Waals surface area contributed by atoms with Gasteiger partial charge in [-0.25, -0.2) is 9.97 Å². The van der Waals surface area contributed by atoms with Crippen molar-refractivity contribution in [1.82, 2.24) is 9.97 Å². The first-order valence-electron chi connectivity index (χ1n) is 6.72. The molecule has 0 spiro atoms. The number of hydrogen-bond acceptors (Lipinski definition) is 3. The predicted molar refractivity (Wildman–Crippen MR) is 99.7 cm³/mol. The molecule has 0 aliphatic rings. The number of aromatic nitrogens is 2. The van der Waals surface area contributed by atoms with Gasteiger partial charge in [0.05, 0.1) is 5.69 Å². The third kappa shape index (κ3) is 3.64. The molecule has 2 nitrogen and oxygen atoms in total. The molecule has 116 valence electrons. The molecule has 23 heavy (non-hydrogen) atoms. The van der Waals surface area contributed by atoms with Crippen LogP contribution in [0.15, 0.2) is 53.4 Å². The monoisotopic (exact) mass is 380 g/mol. The van der Waals surface area contributed by atoms with Crippen LogP contribution in [-0.4, -0.2) is 16.2 Å². The molecular weight excluding hydrogens is 371 g/mol. The molecule has 0 atom stereocenters. The highest BCUT2D eigenvalue weighted by Crippen LogP contribution is 2.37. The highest BCUT2D eigenvalue weighted by atomic mass is 35.5. The minimum atomic E-state index is 0.115. The molecule has 3 rings (SSSR count). The Hall–Kier alpha value is -1.26. The zero-order chi connectivity index (χ0) is 16.4. The number of rotatable bonds is 3. The summed E-state index contributed by atoms with van der Waals surface area (Å²) in [5.74, 6) is 0. The largest absolute Gasteiger partial charge is 0.224 e. The van der Waals surface area contributed by atoms with E-state index in [-0.39, 0.29) is 5.28 Å². The summed E-state index contributed by atoms with van der Waals surface area (Å²) in [5.41, 5.74) is 3.26. The number of thioether (sulfide) groups is 1. The fourth-order valence-electron chi connectivity index (χ4n) is 2.24. The third-order valence-electron chi connectivity index (χ3n) is 3.33. The zero-order valence-electron chi connectivity index (χ0n) is 12.1. The molecule has 0 unspecified atom stereocenters. The van der Waals surface area contributed by atoms with E-state index in [9.17, 15) is 0 Å². The molecule has 1 heterocycles. The molecule has 1 aromatic heterocycles. The molecule has 0 saturated heterocycles. The Morgan fingerprint density at radius 3 is 2.00 bits per heavy atom. The molecule has 0 aliphatic carbocycles. The maximum atomic E-state index is 6.36. The van der Waals surface area contributed by atoms with Crippen LogP contribution in [0.4, 0.5) is 0 Å². The summed E-state index contributed by atoms with van der Waals surface area (Å²) < 4.78 is 0. The molecule has 0 saturated carbocycles. The van der Waals surface area contributed by atoms with Gasteiger partial charge in [-0.3, -0.25) is 0 Å². The molecule has 2 aromatic carbocycles.